The summed E-state index contributed by atoms with van der Waals surface area (Å²) in [6.45, 7) is 5.33. The second kappa shape index (κ2) is 14.1. The van der Waals surface area contributed by atoms with Crippen LogP contribution in [0.2, 0.25) is 0 Å². The van der Waals surface area contributed by atoms with E-state index in [0.717, 1.165) is 24.3 Å². The number of hydrogen-bond donors (Lipinski definition) is 0. The Labute approximate surface area is 197 Å². The summed E-state index contributed by atoms with van der Waals surface area (Å²) < 4.78 is 5.95. The highest BCUT2D eigenvalue weighted by atomic mass is 16.5. The van der Waals surface area contributed by atoms with Crippen molar-refractivity contribution in [1.82, 2.24) is 0 Å². The summed E-state index contributed by atoms with van der Waals surface area (Å²) in [5, 5.41) is 0. The Bertz CT molecular complexity index is 814. The summed E-state index contributed by atoms with van der Waals surface area (Å²) in [6.07, 6.45) is 15.1. The van der Waals surface area contributed by atoms with Crippen molar-refractivity contribution in [2.45, 2.75) is 96.8 Å². The van der Waals surface area contributed by atoms with E-state index in [1.807, 2.05) is 0 Å². The van der Waals surface area contributed by atoms with Crippen LogP contribution in [0.4, 0.5) is 0 Å². The van der Waals surface area contributed by atoms with Crippen LogP contribution in [0.15, 0.2) is 48.5 Å². The van der Waals surface area contributed by atoms with Crippen molar-refractivity contribution >= 4 is 0 Å². The van der Waals surface area contributed by atoms with E-state index >= 15 is 0 Å². The van der Waals surface area contributed by atoms with Crippen molar-refractivity contribution in [3.8, 4) is 17.6 Å². The van der Waals surface area contributed by atoms with Gasteiger partial charge in [0, 0.05) is 11.5 Å². The lowest BCUT2D eigenvalue weighted by molar-refractivity contribution is 0.304. The molecule has 1 saturated carbocycles. The van der Waals surface area contributed by atoms with Crippen molar-refractivity contribution in [3.63, 3.8) is 0 Å². The monoisotopic (exact) mass is 430 g/mol. The molecule has 2 aromatic carbocycles. The van der Waals surface area contributed by atoms with E-state index in [1.54, 1.807) is 0 Å². The molecule has 0 bridgehead atoms. The Morgan fingerprint density at radius 2 is 1.44 bits per heavy atom. The zero-order valence-corrected chi connectivity index (χ0v) is 20.4. The Morgan fingerprint density at radius 3 is 2.12 bits per heavy atom. The smallest absolute Gasteiger partial charge is 0.119 e. The third-order valence-corrected chi connectivity index (χ3v) is 6.76. The molecule has 32 heavy (non-hydrogen) atoms. The molecule has 1 nitrogen and oxygen atoms in total. The predicted octanol–water partition coefficient (Wildman–Crippen LogP) is 8.70. The first kappa shape index (κ1) is 24.4. The average molecular weight is 431 g/mol. The van der Waals surface area contributed by atoms with Gasteiger partial charge in [-0.1, -0.05) is 88.5 Å². The molecular weight excluding hydrogens is 388 g/mol. The zero-order valence-electron chi connectivity index (χ0n) is 20.4. The van der Waals surface area contributed by atoms with Gasteiger partial charge in [0.1, 0.15) is 5.75 Å². The van der Waals surface area contributed by atoms with Crippen LogP contribution in [0.1, 0.15) is 107 Å². The molecule has 0 unspecified atom stereocenters. The van der Waals surface area contributed by atoms with Gasteiger partial charge in [0.2, 0.25) is 0 Å². The van der Waals surface area contributed by atoms with Gasteiger partial charge in [0.25, 0.3) is 0 Å². The first-order valence-corrected chi connectivity index (χ1v) is 13.1. The van der Waals surface area contributed by atoms with Crippen LogP contribution in [-0.4, -0.2) is 6.61 Å². The predicted molar refractivity (Wildman–Crippen MR) is 137 cm³/mol. The number of unbranched alkanes of at least 4 members (excludes halogenated alkanes) is 5. The lowest BCUT2D eigenvalue weighted by Gasteiger charge is -2.26. The van der Waals surface area contributed by atoms with E-state index in [0.29, 0.717) is 11.8 Å². The van der Waals surface area contributed by atoms with Crippen molar-refractivity contribution in [1.29, 1.82) is 0 Å². The van der Waals surface area contributed by atoms with Crippen molar-refractivity contribution in [2.75, 3.05) is 6.61 Å². The van der Waals surface area contributed by atoms with Gasteiger partial charge < -0.3 is 4.74 Å². The van der Waals surface area contributed by atoms with Gasteiger partial charge in [-0.05, 0) is 79.8 Å². The summed E-state index contributed by atoms with van der Waals surface area (Å²) >= 11 is 0. The van der Waals surface area contributed by atoms with Crippen LogP contribution in [-0.2, 0) is 6.42 Å². The van der Waals surface area contributed by atoms with Gasteiger partial charge in [-0.15, -0.1) is 0 Å². The second-order valence-electron chi connectivity index (χ2n) is 9.45. The minimum absolute atomic E-state index is 0.543. The standard InChI is InChI=1S/C31H42O/c1-3-5-6-7-8-9-25-32-31-23-21-30(22-24-31)29-19-17-28(18-20-29)16-15-27-13-11-26(10-4-2)12-14-27/h11-14,21-24,28-29H,3-10,17-20,25H2,1-2H3. The number of ether oxygens (including phenoxy) is 1. The quantitative estimate of drug-likeness (QED) is 0.256. The van der Waals surface area contributed by atoms with Crippen LogP contribution >= 0.6 is 0 Å². The molecule has 1 fully saturated rings. The maximum absolute atomic E-state index is 5.95. The molecule has 3 rings (SSSR count). The molecule has 0 radical (unpaired) electrons. The minimum Gasteiger partial charge on any atom is -0.494 e. The SMILES string of the molecule is CCCCCCCCOc1ccc(C2CCC(C#Cc3ccc(CCC)cc3)CC2)cc1. The number of aryl methyl sites for hydroxylation is 1. The van der Waals surface area contributed by atoms with Crippen LogP contribution < -0.4 is 4.74 Å². The van der Waals surface area contributed by atoms with E-state index in [1.165, 1.54) is 81.8 Å². The molecule has 0 aliphatic heterocycles. The molecule has 0 spiro atoms. The molecule has 0 heterocycles. The average Bonchev–Trinajstić information content (AvgIpc) is 2.84. The van der Waals surface area contributed by atoms with Crippen LogP contribution in [0.3, 0.4) is 0 Å². The van der Waals surface area contributed by atoms with Crippen LogP contribution in [0.25, 0.3) is 0 Å². The highest BCUT2D eigenvalue weighted by Crippen LogP contribution is 2.36. The third-order valence-electron chi connectivity index (χ3n) is 6.76. The van der Waals surface area contributed by atoms with Gasteiger partial charge >= 0.3 is 0 Å². The normalized spacial score (nSPS) is 18.1. The topological polar surface area (TPSA) is 9.23 Å². The zero-order chi connectivity index (χ0) is 22.4. The maximum Gasteiger partial charge on any atom is 0.119 e. The summed E-state index contributed by atoms with van der Waals surface area (Å²) in [6, 6.07) is 17.7. The molecule has 2 aromatic rings. The molecule has 0 saturated heterocycles. The fourth-order valence-electron chi connectivity index (χ4n) is 4.71. The highest BCUT2D eigenvalue weighted by molar-refractivity contribution is 5.37. The molecule has 1 aliphatic carbocycles. The number of rotatable bonds is 11. The highest BCUT2D eigenvalue weighted by Gasteiger charge is 2.21. The lowest BCUT2D eigenvalue weighted by atomic mass is 9.79. The fourth-order valence-corrected chi connectivity index (χ4v) is 4.71. The van der Waals surface area contributed by atoms with Crippen LogP contribution in [0, 0.1) is 17.8 Å². The number of hydrogen-bond acceptors (Lipinski definition) is 1. The van der Waals surface area contributed by atoms with Gasteiger partial charge in [0.05, 0.1) is 6.61 Å². The van der Waals surface area contributed by atoms with Gasteiger partial charge in [-0.3, -0.25) is 0 Å². The first-order valence-electron chi connectivity index (χ1n) is 13.1. The van der Waals surface area contributed by atoms with E-state index in [-0.39, 0.29) is 0 Å². The summed E-state index contributed by atoms with van der Waals surface area (Å²) in [5.74, 6) is 9.20. The first-order chi connectivity index (χ1) is 15.8. The van der Waals surface area contributed by atoms with Crippen molar-refractivity contribution in [2.24, 2.45) is 5.92 Å². The maximum atomic E-state index is 5.95. The van der Waals surface area contributed by atoms with Gasteiger partial charge in [-0.25, -0.2) is 0 Å². The Balaban J connectivity index is 1.38. The van der Waals surface area contributed by atoms with E-state index in [9.17, 15) is 0 Å². The van der Waals surface area contributed by atoms with E-state index in [4.69, 9.17) is 4.74 Å². The van der Waals surface area contributed by atoms with Crippen molar-refractivity contribution < 1.29 is 4.74 Å². The third kappa shape index (κ3) is 8.38. The summed E-state index contributed by atoms with van der Waals surface area (Å²) in [4.78, 5) is 0. The Morgan fingerprint density at radius 1 is 0.750 bits per heavy atom. The summed E-state index contributed by atoms with van der Waals surface area (Å²) in [7, 11) is 0. The molecule has 0 aromatic heterocycles. The van der Waals surface area contributed by atoms with E-state index < -0.39 is 0 Å². The molecule has 1 heteroatoms. The lowest BCUT2D eigenvalue weighted by Crippen LogP contribution is -2.12. The molecule has 0 N–H and O–H groups in total. The van der Waals surface area contributed by atoms with Gasteiger partial charge in [0.15, 0.2) is 0 Å². The second-order valence-corrected chi connectivity index (χ2v) is 9.45. The Kier molecular flexibility index (Phi) is 10.7. The Hall–Kier alpha value is -2.20. The van der Waals surface area contributed by atoms with E-state index in [2.05, 4.69) is 74.2 Å². The molecule has 1 aliphatic rings. The van der Waals surface area contributed by atoms with Crippen molar-refractivity contribution in [3.05, 3.63) is 65.2 Å². The molecular formula is C31H42O. The van der Waals surface area contributed by atoms with Gasteiger partial charge in [-0.2, -0.15) is 0 Å². The molecule has 0 atom stereocenters. The number of benzene rings is 2. The van der Waals surface area contributed by atoms with Crippen LogP contribution in [0.5, 0.6) is 5.75 Å². The minimum atomic E-state index is 0.543. The fraction of sp³-hybridized carbons (Fsp3) is 0.548. The molecule has 172 valence electrons. The summed E-state index contributed by atoms with van der Waals surface area (Å²) in [5.41, 5.74) is 4.04. The molecule has 0 amide bonds. The largest absolute Gasteiger partial charge is 0.494 e.